The second-order valence-electron chi connectivity index (χ2n) is 6.61. The molecule has 7 heteroatoms. The van der Waals surface area contributed by atoms with Crippen LogP contribution in [-0.2, 0) is 4.74 Å². The van der Waals surface area contributed by atoms with Crippen molar-refractivity contribution in [3.8, 4) is 0 Å². The number of nitrogens with zero attached hydrogens (tertiary/aromatic N) is 3. The number of carbonyl (C=O) groups excluding carboxylic acids is 1. The quantitative estimate of drug-likeness (QED) is 0.925. The van der Waals surface area contributed by atoms with Gasteiger partial charge < -0.3 is 19.5 Å². The molecule has 0 bridgehead atoms. The first kappa shape index (κ1) is 16.2. The van der Waals surface area contributed by atoms with Crippen molar-refractivity contribution in [2.75, 3.05) is 19.8 Å². The van der Waals surface area contributed by atoms with Gasteiger partial charge in [-0.3, -0.25) is 0 Å². The minimum absolute atomic E-state index is 0.0800. The topological polar surface area (TPSA) is 80.5 Å². The van der Waals surface area contributed by atoms with Crippen LogP contribution in [0.15, 0.2) is 4.52 Å². The van der Waals surface area contributed by atoms with Gasteiger partial charge in [-0.15, -0.1) is 0 Å². The fourth-order valence-electron chi connectivity index (χ4n) is 3.31. The van der Waals surface area contributed by atoms with Crippen molar-refractivity contribution in [2.45, 2.75) is 64.0 Å². The summed E-state index contributed by atoms with van der Waals surface area (Å²) in [6.07, 6.45) is 6.02. The van der Waals surface area contributed by atoms with Crippen LogP contribution in [0.4, 0.5) is 4.79 Å². The van der Waals surface area contributed by atoms with Gasteiger partial charge in [-0.25, -0.2) is 4.79 Å². The maximum atomic E-state index is 12.4. The second kappa shape index (κ2) is 7.29. The van der Waals surface area contributed by atoms with Gasteiger partial charge in [0.15, 0.2) is 5.82 Å². The number of ether oxygens (including phenoxy) is 1. The van der Waals surface area contributed by atoms with E-state index in [0.29, 0.717) is 31.6 Å². The van der Waals surface area contributed by atoms with Crippen LogP contribution in [0.5, 0.6) is 0 Å². The van der Waals surface area contributed by atoms with E-state index in [1.54, 1.807) is 4.90 Å². The molecule has 0 unspecified atom stereocenters. The van der Waals surface area contributed by atoms with Gasteiger partial charge in [-0.1, -0.05) is 24.4 Å². The molecular formula is C16H26N4O3. The van der Waals surface area contributed by atoms with E-state index in [0.717, 1.165) is 18.7 Å². The average molecular weight is 322 g/mol. The zero-order valence-electron chi connectivity index (χ0n) is 14.0. The van der Waals surface area contributed by atoms with Gasteiger partial charge in [0, 0.05) is 12.5 Å². The summed E-state index contributed by atoms with van der Waals surface area (Å²) in [6.45, 7) is 5.63. The van der Waals surface area contributed by atoms with Gasteiger partial charge in [-0.05, 0) is 26.7 Å². The first-order valence-electron chi connectivity index (χ1n) is 8.63. The lowest BCUT2D eigenvalue weighted by atomic mass is 9.89. The van der Waals surface area contributed by atoms with E-state index < -0.39 is 0 Å². The molecule has 2 aliphatic rings. The molecule has 3 rings (SSSR count). The molecule has 1 N–H and O–H groups in total. The molecule has 1 saturated carbocycles. The summed E-state index contributed by atoms with van der Waals surface area (Å²) < 4.78 is 10.7. The maximum Gasteiger partial charge on any atom is 0.318 e. The van der Waals surface area contributed by atoms with E-state index in [4.69, 9.17) is 9.26 Å². The number of nitrogens with one attached hydrogen (secondary N) is 1. The smallest absolute Gasteiger partial charge is 0.318 e. The van der Waals surface area contributed by atoms with Gasteiger partial charge in [0.1, 0.15) is 6.04 Å². The third kappa shape index (κ3) is 3.83. The lowest BCUT2D eigenvalue weighted by molar-refractivity contribution is 0.0183. The number of amides is 2. The predicted octanol–water partition coefficient (Wildman–Crippen LogP) is 2.61. The van der Waals surface area contributed by atoms with Crippen LogP contribution in [-0.4, -0.2) is 46.9 Å². The molecule has 2 atom stereocenters. The van der Waals surface area contributed by atoms with Crippen molar-refractivity contribution in [3.63, 3.8) is 0 Å². The molecule has 1 saturated heterocycles. The summed E-state index contributed by atoms with van der Waals surface area (Å²) in [5.74, 6) is 1.68. The Labute approximate surface area is 136 Å². The highest BCUT2D eigenvalue weighted by Crippen LogP contribution is 2.31. The van der Waals surface area contributed by atoms with Gasteiger partial charge in [0.25, 0.3) is 0 Å². The van der Waals surface area contributed by atoms with Crippen LogP contribution in [0.1, 0.15) is 69.6 Å². The lowest BCUT2D eigenvalue weighted by Gasteiger charge is -2.33. The van der Waals surface area contributed by atoms with Gasteiger partial charge in [-0.2, -0.15) is 4.98 Å². The van der Waals surface area contributed by atoms with E-state index in [2.05, 4.69) is 15.5 Å². The van der Waals surface area contributed by atoms with Crippen molar-refractivity contribution in [1.29, 1.82) is 0 Å². The first-order chi connectivity index (χ1) is 11.1. The molecule has 1 aromatic rings. The number of morpholine rings is 1. The molecule has 23 heavy (non-hydrogen) atoms. The number of rotatable bonds is 3. The molecule has 128 valence electrons. The zero-order valence-corrected chi connectivity index (χ0v) is 14.0. The Morgan fingerprint density at radius 2 is 2.13 bits per heavy atom. The van der Waals surface area contributed by atoms with E-state index in [9.17, 15) is 4.79 Å². The highest BCUT2D eigenvalue weighted by atomic mass is 16.5. The minimum atomic E-state index is -0.289. The van der Waals surface area contributed by atoms with Crippen LogP contribution < -0.4 is 5.32 Å². The Balaban J connectivity index is 1.58. The Morgan fingerprint density at radius 3 is 2.87 bits per heavy atom. The Bertz CT molecular complexity index is 527. The standard InChI is InChI=1S/C16H26N4O3/c1-11-10-22-9-8-20(11)16(21)17-12(2)15-18-14(19-23-15)13-6-4-3-5-7-13/h11-13H,3-10H2,1-2H3,(H,17,21)/t11-,12-/m0/s1. The van der Waals surface area contributed by atoms with Crippen LogP contribution in [0, 0.1) is 0 Å². The number of hydrogen-bond donors (Lipinski definition) is 1. The lowest BCUT2D eigenvalue weighted by Crippen LogP contribution is -2.51. The highest BCUT2D eigenvalue weighted by Gasteiger charge is 2.27. The predicted molar refractivity (Wildman–Crippen MR) is 84.1 cm³/mol. The molecule has 7 nitrogen and oxygen atoms in total. The van der Waals surface area contributed by atoms with E-state index in [1.807, 2.05) is 13.8 Å². The molecule has 1 aliphatic carbocycles. The number of hydrogen-bond acceptors (Lipinski definition) is 5. The molecule has 1 aliphatic heterocycles. The second-order valence-corrected chi connectivity index (χ2v) is 6.61. The third-order valence-electron chi connectivity index (χ3n) is 4.77. The summed E-state index contributed by atoms with van der Waals surface area (Å²) in [6, 6.07) is -0.315. The van der Waals surface area contributed by atoms with Crippen LogP contribution in [0.3, 0.4) is 0 Å². The van der Waals surface area contributed by atoms with Crippen molar-refractivity contribution >= 4 is 6.03 Å². The zero-order chi connectivity index (χ0) is 16.2. The van der Waals surface area contributed by atoms with Gasteiger partial charge >= 0.3 is 6.03 Å². The fraction of sp³-hybridized carbons (Fsp3) is 0.812. The Hall–Kier alpha value is -1.63. The largest absolute Gasteiger partial charge is 0.377 e. The van der Waals surface area contributed by atoms with E-state index in [-0.39, 0.29) is 18.1 Å². The number of carbonyl (C=O) groups is 1. The van der Waals surface area contributed by atoms with Crippen LogP contribution in [0.25, 0.3) is 0 Å². The highest BCUT2D eigenvalue weighted by molar-refractivity contribution is 5.75. The molecule has 2 amide bonds. The fourth-order valence-corrected chi connectivity index (χ4v) is 3.31. The third-order valence-corrected chi connectivity index (χ3v) is 4.77. The minimum Gasteiger partial charge on any atom is -0.377 e. The molecule has 0 spiro atoms. The van der Waals surface area contributed by atoms with E-state index in [1.165, 1.54) is 19.3 Å². The van der Waals surface area contributed by atoms with Crippen molar-refractivity contribution in [3.05, 3.63) is 11.7 Å². The monoisotopic (exact) mass is 322 g/mol. The average Bonchev–Trinajstić information content (AvgIpc) is 3.06. The summed E-state index contributed by atoms with van der Waals surface area (Å²) in [5.41, 5.74) is 0. The maximum absolute atomic E-state index is 12.4. The van der Waals surface area contributed by atoms with Crippen molar-refractivity contribution in [1.82, 2.24) is 20.4 Å². The first-order valence-corrected chi connectivity index (χ1v) is 8.63. The molecule has 2 heterocycles. The number of aromatic nitrogens is 2. The summed E-state index contributed by atoms with van der Waals surface area (Å²) in [5, 5.41) is 7.07. The normalized spacial score (nSPS) is 24.4. The van der Waals surface area contributed by atoms with Crippen molar-refractivity contribution < 1.29 is 14.1 Å². The number of urea groups is 1. The SMILES string of the molecule is C[C@H](NC(=O)N1CCOC[C@@H]1C)c1nc(C2CCCCC2)no1. The summed E-state index contributed by atoms with van der Waals surface area (Å²) in [4.78, 5) is 18.7. The van der Waals surface area contributed by atoms with E-state index >= 15 is 0 Å². The molecule has 2 fully saturated rings. The summed E-state index contributed by atoms with van der Waals surface area (Å²) in [7, 11) is 0. The van der Waals surface area contributed by atoms with Gasteiger partial charge in [0.2, 0.25) is 5.89 Å². The van der Waals surface area contributed by atoms with Crippen LogP contribution >= 0.6 is 0 Å². The molecule has 0 aromatic carbocycles. The molecule has 1 aromatic heterocycles. The van der Waals surface area contributed by atoms with Crippen molar-refractivity contribution in [2.24, 2.45) is 0 Å². The molecule has 0 radical (unpaired) electrons. The Kier molecular flexibility index (Phi) is 5.15. The molecular weight excluding hydrogens is 296 g/mol. The Morgan fingerprint density at radius 1 is 1.35 bits per heavy atom. The van der Waals surface area contributed by atoms with Gasteiger partial charge in [0.05, 0.1) is 19.3 Å². The van der Waals surface area contributed by atoms with Crippen LogP contribution in [0.2, 0.25) is 0 Å². The summed E-state index contributed by atoms with van der Waals surface area (Å²) >= 11 is 0.